The maximum absolute atomic E-state index is 10.1. The van der Waals surface area contributed by atoms with Gasteiger partial charge in [0, 0.05) is 17.7 Å². The Kier molecular flexibility index (Phi) is 5.86. The van der Waals surface area contributed by atoms with Crippen molar-refractivity contribution in [3.8, 4) is 31.6 Å². The van der Waals surface area contributed by atoms with E-state index in [-0.39, 0.29) is 0 Å². The van der Waals surface area contributed by atoms with Gasteiger partial charge < -0.3 is 10.4 Å². The highest BCUT2D eigenvalue weighted by Gasteiger charge is 2.38. The maximum Gasteiger partial charge on any atom is 0.136 e. The van der Waals surface area contributed by atoms with Gasteiger partial charge in [0.2, 0.25) is 0 Å². The normalized spacial score (nSPS) is 23.1. The van der Waals surface area contributed by atoms with E-state index in [1.165, 1.54) is 21.0 Å². The minimum atomic E-state index is -0.505. The second-order valence-corrected chi connectivity index (χ2v) is 11.9. The fraction of sp³-hybridized carbons (Fsp3) is 0.357. The number of piperidine rings is 1. The van der Waals surface area contributed by atoms with Gasteiger partial charge >= 0.3 is 0 Å². The van der Waals surface area contributed by atoms with E-state index >= 15 is 0 Å². The SMILES string of the molecule is CC1(O)CC(c2ccc(-c3nc(-c4cnc(C5CCNCC5)s4)sc3-c3ccccc3)cc2)C1. The number of nitrogens with one attached hydrogen (secondary N) is 1. The lowest BCUT2D eigenvalue weighted by Gasteiger charge is -2.41. The van der Waals surface area contributed by atoms with Gasteiger partial charge in [-0.3, -0.25) is 0 Å². The van der Waals surface area contributed by atoms with E-state index in [9.17, 15) is 5.11 Å². The largest absolute Gasteiger partial charge is 0.390 e. The van der Waals surface area contributed by atoms with Gasteiger partial charge in [-0.15, -0.1) is 22.7 Å². The van der Waals surface area contributed by atoms with Crippen molar-refractivity contribution < 1.29 is 5.11 Å². The highest BCUT2D eigenvalue weighted by molar-refractivity contribution is 7.23. The van der Waals surface area contributed by atoms with Crippen molar-refractivity contribution in [2.45, 2.75) is 50.0 Å². The molecule has 0 unspecified atom stereocenters. The lowest BCUT2D eigenvalue weighted by molar-refractivity contribution is -0.0313. The first-order chi connectivity index (χ1) is 16.6. The number of nitrogens with zero attached hydrogens (tertiary/aromatic N) is 2. The van der Waals surface area contributed by atoms with Crippen LogP contribution in [0.1, 0.15) is 55.0 Å². The van der Waals surface area contributed by atoms with E-state index < -0.39 is 5.60 Å². The number of aliphatic hydroxyl groups is 1. The molecule has 6 rings (SSSR count). The quantitative estimate of drug-likeness (QED) is 0.329. The average Bonchev–Trinajstić information content (AvgIpc) is 3.52. The molecule has 2 N–H and O–H groups in total. The molecule has 174 valence electrons. The molecule has 2 aromatic heterocycles. The lowest BCUT2D eigenvalue weighted by Crippen LogP contribution is -2.39. The minimum Gasteiger partial charge on any atom is -0.390 e. The van der Waals surface area contributed by atoms with E-state index in [2.05, 4.69) is 59.9 Å². The number of thiazole rings is 2. The molecule has 0 bridgehead atoms. The molecule has 1 saturated heterocycles. The average molecular weight is 488 g/mol. The van der Waals surface area contributed by atoms with Crippen molar-refractivity contribution in [1.29, 1.82) is 0 Å². The topological polar surface area (TPSA) is 58.0 Å². The summed E-state index contributed by atoms with van der Waals surface area (Å²) in [7, 11) is 0. The summed E-state index contributed by atoms with van der Waals surface area (Å²) in [6.07, 6.45) is 6.02. The zero-order valence-electron chi connectivity index (χ0n) is 19.3. The molecular weight excluding hydrogens is 458 g/mol. The third kappa shape index (κ3) is 4.36. The molecule has 1 saturated carbocycles. The van der Waals surface area contributed by atoms with E-state index in [0.29, 0.717) is 11.8 Å². The summed E-state index contributed by atoms with van der Waals surface area (Å²) in [5.41, 5.74) is 4.18. The Balaban J connectivity index is 1.34. The highest BCUT2D eigenvalue weighted by Crippen LogP contribution is 2.46. The first-order valence-corrected chi connectivity index (χ1v) is 13.7. The highest BCUT2D eigenvalue weighted by atomic mass is 32.1. The Morgan fingerprint density at radius 1 is 0.912 bits per heavy atom. The number of rotatable bonds is 5. The molecule has 2 aliphatic rings. The fourth-order valence-electron chi connectivity index (χ4n) is 5.20. The summed E-state index contributed by atoms with van der Waals surface area (Å²) < 4.78 is 0. The number of benzene rings is 2. The molecule has 0 radical (unpaired) electrons. The molecular formula is C28H29N3OS2. The molecule has 3 heterocycles. The van der Waals surface area contributed by atoms with Crippen LogP contribution in [0.3, 0.4) is 0 Å². The van der Waals surface area contributed by atoms with Crippen LogP contribution in [0, 0.1) is 0 Å². The third-order valence-electron chi connectivity index (χ3n) is 7.11. The second-order valence-electron chi connectivity index (χ2n) is 9.87. The van der Waals surface area contributed by atoms with Gasteiger partial charge in [-0.25, -0.2) is 9.97 Å². The standard InChI is InChI=1S/C28H29N3OS2/c1-28(32)15-22(16-28)18-7-9-19(10-8-18)24-25(20-5-3-2-4-6-20)34-27(31-24)23-17-30-26(33-23)21-11-13-29-14-12-21/h2-10,17,21-22,29,32H,11-16H2,1H3. The summed E-state index contributed by atoms with van der Waals surface area (Å²) in [6.45, 7) is 4.08. The summed E-state index contributed by atoms with van der Waals surface area (Å²) in [5.74, 6) is 1.02. The second kappa shape index (κ2) is 9.00. The lowest BCUT2D eigenvalue weighted by atomic mass is 9.69. The Hall–Kier alpha value is -2.38. The monoisotopic (exact) mass is 487 g/mol. The molecule has 4 nitrogen and oxygen atoms in total. The molecule has 0 spiro atoms. The van der Waals surface area contributed by atoms with E-state index in [1.807, 2.05) is 13.1 Å². The van der Waals surface area contributed by atoms with Crippen LogP contribution in [-0.4, -0.2) is 33.8 Å². The summed E-state index contributed by atoms with van der Waals surface area (Å²) in [6, 6.07) is 19.4. The smallest absolute Gasteiger partial charge is 0.136 e. The molecule has 1 aliphatic carbocycles. The van der Waals surface area contributed by atoms with Gasteiger partial charge in [-0.05, 0) is 62.7 Å². The van der Waals surface area contributed by atoms with Crippen LogP contribution in [0.5, 0.6) is 0 Å². The van der Waals surface area contributed by atoms with Gasteiger partial charge in [-0.1, -0.05) is 54.6 Å². The van der Waals surface area contributed by atoms with Gasteiger partial charge in [0.1, 0.15) is 5.01 Å². The van der Waals surface area contributed by atoms with Crippen LogP contribution in [0.25, 0.3) is 31.6 Å². The molecule has 2 fully saturated rings. The molecule has 2 aromatic carbocycles. The molecule has 0 amide bonds. The van der Waals surface area contributed by atoms with Crippen molar-refractivity contribution in [1.82, 2.24) is 15.3 Å². The predicted molar refractivity (Wildman–Crippen MR) is 142 cm³/mol. The van der Waals surface area contributed by atoms with E-state index in [0.717, 1.165) is 59.9 Å². The number of aromatic nitrogens is 2. The Labute approximate surface area is 208 Å². The minimum absolute atomic E-state index is 0.453. The van der Waals surface area contributed by atoms with Crippen molar-refractivity contribution >= 4 is 22.7 Å². The van der Waals surface area contributed by atoms with Crippen molar-refractivity contribution in [2.75, 3.05) is 13.1 Å². The molecule has 34 heavy (non-hydrogen) atoms. The van der Waals surface area contributed by atoms with Crippen LogP contribution in [0.2, 0.25) is 0 Å². The molecule has 0 atom stereocenters. The first kappa shape index (κ1) is 22.1. The molecule has 1 aliphatic heterocycles. The van der Waals surface area contributed by atoms with Crippen molar-refractivity contribution in [2.24, 2.45) is 0 Å². The van der Waals surface area contributed by atoms with Gasteiger partial charge in [0.05, 0.1) is 26.1 Å². The Morgan fingerprint density at radius 2 is 1.65 bits per heavy atom. The third-order valence-corrected chi connectivity index (χ3v) is 9.55. The zero-order valence-corrected chi connectivity index (χ0v) is 21.0. The number of hydrogen-bond acceptors (Lipinski definition) is 6. The summed E-state index contributed by atoms with van der Waals surface area (Å²) >= 11 is 3.57. The van der Waals surface area contributed by atoms with E-state index in [4.69, 9.17) is 9.97 Å². The van der Waals surface area contributed by atoms with Crippen LogP contribution in [0.4, 0.5) is 0 Å². The van der Waals surface area contributed by atoms with Crippen LogP contribution in [-0.2, 0) is 0 Å². The van der Waals surface area contributed by atoms with Crippen molar-refractivity contribution in [3.63, 3.8) is 0 Å². The summed E-state index contributed by atoms with van der Waals surface area (Å²) in [4.78, 5) is 12.3. The molecule has 4 aromatic rings. The van der Waals surface area contributed by atoms with E-state index in [1.54, 1.807) is 22.7 Å². The van der Waals surface area contributed by atoms with Gasteiger partial charge in [-0.2, -0.15) is 0 Å². The van der Waals surface area contributed by atoms with Gasteiger partial charge in [0.25, 0.3) is 0 Å². The van der Waals surface area contributed by atoms with Gasteiger partial charge in [0.15, 0.2) is 0 Å². The van der Waals surface area contributed by atoms with Crippen molar-refractivity contribution in [3.05, 3.63) is 71.4 Å². The van der Waals surface area contributed by atoms with Crippen LogP contribution < -0.4 is 5.32 Å². The predicted octanol–water partition coefficient (Wildman–Crippen LogP) is 6.70. The Morgan fingerprint density at radius 3 is 2.35 bits per heavy atom. The van der Waals surface area contributed by atoms with Crippen LogP contribution in [0.15, 0.2) is 60.8 Å². The summed E-state index contributed by atoms with van der Waals surface area (Å²) in [5, 5.41) is 15.9. The Bertz CT molecular complexity index is 1260. The maximum atomic E-state index is 10.1. The number of hydrogen-bond donors (Lipinski definition) is 2. The first-order valence-electron chi connectivity index (χ1n) is 12.1. The molecule has 6 heteroatoms. The van der Waals surface area contributed by atoms with Crippen LogP contribution >= 0.6 is 22.7 Å². The fourth-order valence-corrected chi connectivity index (χ4v) is 7.42. The zero-order chi connectivity index (χ0) is 23.1.